The third-order valence-electron chi connectivity index (χ3n) is 3.66. The number of carbonyl (C=O) groups is 1. The van der Waals surface area contributed by atoms with Crippen LogP contribution in [0.1, 0.15) is 10.4 Å². The van der Waals surface area contributed by atoms with Crippen molar-refractivity contribution in [2.45, 2.75) is 0 Å². The summed E-state index contributed by atoms with van der Waals surface area (Å²) in [7, 11) is 1.95. The molecule has 22 heavy (non-hydrogen) atoms. The van der Waals surface area contributed by atoms with E-state index in [-0.39, 0.29) is 11.9 Å². The normalized spacial score (nSPS) is 11.1. The second-order valence-corrected chi connectivity index (χ2v) is 5.14. The van der Waals surface area contributed by atoms with E-state index in [0.717, 1.165) is 16.4 Å². The Morgan fingerprint density at radius 3 is 2.91 bits per heavy atom. The Morgan fingerprint density at radius 1 is 1.18 bits per heavy atom. The second-order valence-electron chi connectivity index (χ2n) is 5.14. The zero-order chi connectivity index (χ0) is 15.1. The molecule has 0 atom stereocenters. The molecule has 0 aliphatic carbocycles. The van der Waals surface area contributed by atoms with E-state index in [0.29, 0.717) is 11.1 Å². The number of nitrogens with zero attached hydrogens (tertiary/aromatic N) is 2. The fraction of sp³-hybridized carbons (Fsp3) is 0.0588. The number of anilines is 1. The molecule has 0 aliphatic heterocycles. The van der Waals surface area contributed by atoms with Gasteiger partial charge in [-0.3, -0.25) is 10.1 Å². The van der Waals surface area contributed by atoms with Crippen LogP contribution in [0.15, 0.2) is 59.1 Å². The van der Waals surface area contributed by atoms with Crippen LogP contribution in [-0.2, 0) is 7.05 Å². The smallest absolute Gasteiger partial charge is 0.302 e. The van der Waals surface area contributed by atoms with Gasteiger partial charge in [0, 0.05) is 24.3 Å². The Morgan fingerprint density at radius 2 is 2.05 bits per heavy atom. The van der Waals surface area contributed by atoms with Crippen molar-refractivity contribution in [2.24, 2.45) is 7.05 Å². The molecule has 1 amide bonds. The molecule has 2 aromatic heterocycles. The molecule has 0 fully saturated rings. The Hall–Kier alpha value is -3.08. The average molecular weight is 291 g/mol. The van der Waals surface area contributed by atoms with E-state index in [1.807, 2.05) is 60.3 Å². The van der Waals surface area contributed by atoms with Gasteiger partial charge in [-0.1, -0.05) is 18.2 Å². The van der Waals surface area contributed by atoms with Crippen LogP contribution in [0.3, 0.4) is 0 Å². The number of hydrogen-bond donors (Lipinski definition) is 1. The standard InChI is InChI=1S/C17H13N3O2/c1-20-9-8-11-6-7-12(10-14(11)20)16(21)19-17-18-13-4-2-3-5-15(13)22-17/h2-10H,1H3,(H,18,19,21). The Bertz CT molecular complexity index is 964. The average Bonchev–Trinajstić information content (AvgIpc) is 3.10. The zero-order valence-corrected chi connectivity index (χ0v) is 11.9. The first-order valence-corrected chi connectivity index (χ1v) is 6.93. The van der Waals surface area contributed by atoms with Crippen molar-refractivity contribution in [3.63, 3.8) is 0 Å². The Balaban J connectivity index is 1.66. The third-order valence-corrected chi connectivity index (χ3v) is 3.66. The molecule has 2 heterocycles. The van der Waals surface area contributed by atoms with E-state index < -0.39 is 0 Å². The summed E-state index contributed by atoms with van der Waals surface area (Å²) in [5.41, 5.74) is 2.94. The highest BCUT2D eigenvalue weighted by atomic mass is 16.4. The minimum atomic E-state index is -0.241. The first-order chi connectivity index (χ1) is 10.7. The number of hydrogen-bond acceptors (Lipinski definition) is 3. The molecule has 0 saturated carbocycles. The fourth-order valence-electron chi connectivity index (χ4n) is 2.50. The first-order valence-electron chi connectivity index (χ1n) is 6.93. The Labute approximate surface area is 126 Å². The van der Waals surface area contributed by atoms with Crippen LogP contribution in [0.2, 0.25) is 0 Å². The molecule has 0 saturated heterocycles. The number of benzene rings is 2. The summed E-state index contributed by atoms with van der Waals surface area (Å²) in [5.74, 6) is -0.241. The molecule has 5 nitrogen and oxygen atoms in total. The molecule has 0 aliphatic rings. The lowest BCUT2D eigenvalue weighted by Crippen LogP contribution is -2.12. The van der Waals surface area contributed by atoms with Gasteiger partial charge in [0.1, 0.15) is 5.52 Å². The first kappa shape index (κ1) is 12.6. The van der Waals surface area contributed by atoms with Crippen molar-refractivity contribution in [1.29, 1.82) is 0 Å². The van der Waals surface area contributed by atoms with Crippen molar-refractivity contribution >= 4 is 33.9 Å². The second kappa shape index (κ2) is 4.73. The fourth-order valence-corrected chi connectivity index (χ4v) is 2.50. The van der Waals surface area contributed by atoms with Gasteiger partial charge in [-0.25, -0.2) is 0 Å². The summed E-state index contributed by atoms with van der Waals surface area (Å²) >= 11 is 0. The maximum atomic E-state index is 12.3. The van der Waals surface area contributed by atoms with E-state index >= 15 is 0 Å². The lowest BCUT2D eigenvalue weighted by Gasteiger charge is -2.02. The largest absolute Gasteiger partial charge is 0.423 e. The molecule has 4 rings (SSSR count). The lowest BCUT2D eigenvalue weighted by atomic mass is 10.1. The lowest BCUT2D eigenvalue weighted by molar-refractivity contribution is 0.102. The zero-order valence-electron chi connectivity index (χ0n) is 11.9. The highest BCUT2D eigenvalue weighted by Crippen LogP contribution is 2.20. The summed E-state index contributed by atoms with van der Waals surface area (Å²) in [4.78, 5) is 16.6. The number of fused-ring (bicyclic) bond motifs is 2. The molecule has 0 spiro atoms. The molecule has 5 heteroatoms. The van der Waals surface area contributed by atoms with Gasteiger partial charge in [-0.2, -0.15) is 4.98 Å². The van der Waals surface area contributed by atoms with Crippen LogP contribution in [0.5, 0.6) is 0 Å². The van der Waals surface area contributed by atoms with Gasteiger partial charge in [-0.15, -0.1) is 0 Å². The Kier molecular flexibility index (Phi) is 2.72. The summed E-state index contributed by atoms with van der Waals surface area (Å²) in [6.07, 6.45) is 1.97. The molecule has 0 bridgehead atoms. The van der Waals surface area contributed by atoms with Crippen LogP contribution in [0, 0.1) is 0 Å². The van der Waals surface area contributed by atoms with Crippen molar-refractivity contribution in [1.82, 2.24) is 9.55 Å². The van der Waals surface area contributed by atoms with Crippen LogP contribution in [0.4, 0.5) is 6.01 Å². The van der Waals surface area contributed by atoms with Crippen molar-refractivity contribution in [3.8, 4) is 0 Å². The van der Waals surface area contributed by atoms with Crippen LogP contribution >= 0.6 is 0 Å². The number of rotatable bonds is 2. The van der Waals surface area contributed by atoms with E-state index in [2.05, 4.69) is 10.3 Å². The number of aryl methyl sites for hydroxylation is 1. The van der Waals surface area contributed by atoms with E-state index in [9.17, 15) is 4.79 Å². The van der Waals surface area contributed by atoms with Gasteiger partial charge in [0.05, 0.1) is 0 Å². The quantitative estimate of drug-likeness (QED) is 0.614. The van der Waals surface area contributed by atoms with E-state index in [1.165, 1.54) is 0 Å². The highest BCUT2D eigenvalue weighted by molar-refractivity contribution is 6.05. The predicted molar refractivity (Wildman–Crippen MR) is 84.9 cm³/mol. The molecule has 4 aromatic rings. The SMILES string of the molecule is Cn1ccc2ccc(C(=O)Nc3nc4ccccc4o3)cc21. The molecule has 0 radical (unpaired) electrons. The molecular weight excluding hydrogens is 278 g/mol. The summed E-state index contributed by atoms with van der Waals surface area (Å²) in [5, 5.41) is 3.80. The number of carbonyl (C=O) groups excluding carboxylic acids is 1. The van der Waals surface area contributed by atoms with E-state index in [1.54, 1.807) is 6.07 Å². The molecule has 1 N–H and O–H groups in total. The van der Waals surface area contributed by atoms with Crippen molar-refractivity contribution in [3.05, 3.63) is 60.3 Å². The van der Waals surface area contributed by atoms with Gasteiger partial charge in [0.15, 0.2) is 5.58 Å². The molecular formula is C17H13N3O2. The third kappa shape index (κ3) is 2.03. The van der Waals surface area contributed by atoms with Crippen LogP contribution in [0.25, 0.3) is 22.0 Å². The number of para-hydroxylation sites is 2. The van der Waals surface area contributed by atoms with Crippen molar-refractivity contribution in [2.75, 3.05) is 5.32 Å². The van der Waals surface area contributed by atoms with Crippen LogP contribution in [-0.4, -0.2) is 15.5 Å². The van der Waals surface area contributed by atoms with Gasteiger partial charge in [0.25, 0.3) is 5.91 Å². The monoisotopic (exact) mass is 291 g/mol. The highest BCUT2D eigenvalue weighted by Gasteiger charge is 2.12. The maximum absolute atomic E-state index is 12.3. The summed E-state index contributed by atoms with van der Waals surface area (Å²) < 4.78 is 7.49. The van der Waals surface area contributed by atoms with Crippen LogP contribution < -0.4 is 5.32 Å². The molecule has 108 valence electrons. The van der Waals surface area contributed by atoms with Gasteiger partial charge >= 0.3 is 6.01 Å². The predicted octanol–water partition coefficient (Wildman–Crippen LogP) is 3.57. The molecule has 0 unspecified atom stereocenters. The number of amides is 1. The minimum absolute atomic E-state index is 0.207. The van der Waals surface area contributed by atoms with Gasteiger partial charge in [-0.05, 0) is 35.7 Å². The topological polar surface area (TPSA) is 60.1 Å². The van der Waals surface area contributed by atoms with Gasteiger partial charge < -0.3 is 8.98 Å². The maximum Gasteiger partial charge on any atom is 0.302 e. The number of aromatic nitrogens is 2. The molecule has 2 aromatic carbocycles. The van der Waals surface area contributed by atoms with Gasteiger partial charge in [0.2, 0.25) is 0 Å². The number of oxazole rings is 1. The van der Waals surface area contributed by atoms with Crippen molar-refractivity contribution < 1.29 is 9.21 Å². The van der Waals surface area contributed by atoms with E-state index in [4.69, 9.17) is 4.42 Å². The minimum Gasteiger partial charge on any atom is -0.423 e. The number of nitrogens with one attached hydrogen (secondary N) is 1. The summed E-state index contributed by atoms with van der Waals surface area (Å²) in [6.45, 7) is 0. The summed E-state index contributed by atoms with van der Waals surface area (Å²) in [6, 6.07) is 15.2.